The van der Waals surface area contributed by atoms with Gasteiger partial charge in [-0.1, -0.05) is 6.92 Å². The lowest BCUT2D eigenvalue weighted by molar-refractivity contribution is -0.143. The molecule has 0 aromatic heterocycles. The SMILES string of the molecule is CCC(C(=O)O)N(C)Cc1cc(C#N)ccc1F. The molecular weight excluding hydrogens is 235 g/mol. The molecule has 5 heteroatoms. The third kappa shape index (κ3) is 3.28. The highest BCUT2D eigenvalue weighted by molar-refractivity contribution is 5.73. The van der Waals surface area contributed by atoms with Crippen LogP contribution in [-0.2, 0) is 11.3 Å². The maximum Gasteiger partial charge on any atom is 0.320 e. The molecule has 0 aliphatic rings. The minimum Gasteiger partial charge on any atom is -0.480 e. The van der Waals surface area contributed by atoms with Crippen molar-refractivity contribution in [1.82, 2.24) is 4.90 Å². The van der Waals surface area contributed by atoms with Gasteiger partial charge in [-0.2, -0.15) is 5.26 Å². The summed E-state index contributed by atoms with van der Waals surface area (Å²) in [5.74, 6) is -1.36. The van der Waals surface area contributed by atoms with Crippen molar-refractivity contribution in [1.29, 1.82) is 5.26 Å². The minimum absolute atomic E-state index is 0.159. The lowest BCUT2D eigenvalue weighted by Gasteiger charge is -2.23. The van der Waals surface area contributed by atoms with Crippen molar-refractivity contribution in [2.24, 2.45) is 0 Å². The first kappa shape index (κ1) is 14.1. The molecule has 0 fully saturated rings. The largest absolute Gasteiger partial charge is 0.480 e. The van der Waals surface area contributed by atoms with Crippen LogP contribution in [0.2, 0.25) is 0 Å². The highest BCUT2D eigenvalue weighted by Gasteiger charge is 2.21. The fourth-order valence-electron chi connectivity index (χ4n) is 1.82. The van der Waals surface area contributed by atoms with Crippen LogP contribution in [-0.4, -0.2) is 29.1 Å². The standard InChI is InChI=1S/C13H15FN2O2/c1-3-12(13(17)18)16(2)8-10-6-9(7-15)4-5-11(10)14/h4-6,12H,3,8H2,1-2H3,(H,17,18). The molecule has 0 saturated heterocycles. The van der Waals surface area contributed by atoms with E-state index in [1.54, 1.807) is 18.9 Å². The Hall–Kier alpha value is -1.93. The summed E-state index contributed by atoms with van der Waals surface area (Å²) in [5.41, 5.74) is 0.694. The van der Waals surface area contributed by atoms with E-state index in [0.29, 0.717) is 17.5 Å². The zero-order chi connectivity index (χ0) is 13.7. The molecule has 18 heavy (non-hydrogen) atoms. The lowest BCUT2D eigenvalue weighted by Crippen LogP contribution is -2.37. The number of benzene rings is 1. The summed E-state index contributed by atoms with van der Waals surface area (Å²) >= 11 is 0. The number of carbonyl (C=O) groups is 1. The predicted octanol–water partition coefficient (Wildman–Crippen LogP) is 1.99. The number of rotatable bonds is 5. The molecule has 1 unspecified atom stereocenters. The molecular formula is C13H15FN2O2. The lowest BCUT2D eigenvalue weighted by atomic mass is 10.1. The number of nitrogens with zero attached hydrogens (tertiary/aromatic N) is 2. The quantitative estimate of drug-likeness (QED) is 0.868. The number of hydrogen-bond donors (Lipinski definition) is 1. The monoisotopic (exact) mass is 250 g/mol. The molecule has 0 aliphatic carbocycles. The van der Waals surface area contributed by atoms with Crippen LogP contribution in [0, 0.1) is 17.1 Å². The molecule has 1 aromatic rings. The van der Waals surface area contributed by atoms with Crippen LogP contribution in [0.1, 0.15) is 24.5 Å². The van der Waals surface area contributed by atoms with Crippen LogP contribution in [0.4, 0.5) is 4.39 Å². The molecule has 1 N–H and O–H groups in total. The summed E-state index contributed by atoms with van der Waals surface area (Å²) in [5, 5.41) is 17.8. The Morgan fingerprint density at radius 2 is 2.28 bits per heavy atom. The van der Waals surface area contributed by atoms with Crippen molar-refractivity contribution in [3.05, 3.63) is 35.1 Å². The van der Waals surface area contributed by atoms with E-state index in [9.17, 15) is 9.18 Å². The summed E-state index contributed by atoms with van der Waals surface area (Å²) < 4.78 is 13.6. The van der Waals surface area contributed by atoms with Gasteiger partial charge in [-0.15, -0.1) is 0 Å². The molecule has 4 nitrogen and oxygen atoms in total. The van der Waals surface area contributed by atoms with Gasteiger partial charge in [0.05, 0.1) is 11.6 Å². The fraction of sp³-hybridized carbons (Fsp3) is 0.385. The van der Waals surface area contributed by atoms with Crippen LogP contribution < -0.4 is 0 Å². The Balaban J connectivity index is 2.90. The average molecular weight is 250 g/mol. The number of halogens is 1. The van der Waals surface area contributed by atoms with Gasteiger partial charge in [0.25, 0.3) is 0 Å². The summed E-state index contributed by atoms with van der Waals surface area (Å²) in [6.45, 7) is 1.92. The summed E-state index contributed by atoms with van der Waals surface area (Å²) in [6, 6.07) is 5.34. The third-order valence-electron chi connectivity index (χ3n) is 2.80. The van der Waals surface area contributed by atoms with Crippen molar-refractivity contribution in [2.75, 3.05) is 7.05 Å². The average Bonchev–Trinajstić information content (AvgIpc) is 2.32. The first-order valence-corrected chi connectivity index (χ1v) is 5.61. The highest BCUT2D eigenvalue weighted by atomic mass is 19.1. The Kier molecular flexibility index (Phi) is 4.81. The number of likely N-dealkylation sites (N-methyl/N-ethyl adjacent to an activating group) is 1. The van der Waals surface area contributed by atoms with Crippen LogP contribution >= 0.6 is 0 Å². The van der Waals surface area contributed by atoms with Crippen molar-refractivity contribution >= 4 is 5.97 Å². The van der Waals surface area contributed by atoms with Crippen molar-refractivity contribution in [2.45, 2.75) is 25.9 Å². The van der Waals surface area contributed by atoms with E-state index in [-0.39, 0.29) is 6.54 Å². The van der Waals surface area contributed by atoms with Gasteiger partial charge in [0.1, 0.15) is 11.9 Å². The van der Waals surface area contributed by atoms with E-state index in [1.165, 1.54) is 18.2 Å². The van der Waals surface area contributed by atoms with Crippen LogP contribution in [0.25, 0.3) is 0 Å². The molecule has 1 aromatic carbocycles. The van der Waals surface area contributed by atoms with Gasteiger partial charge in [-0.25, -0.2) is 4.39 Å². The van der Waals surface area contributed by atoms with Crippen LogP contribution in [0.5, 0.6) is 0 Å². The van der Waals surface area contributed by atoms with Crippen molar-refractivity contribution < 1.29 is 14.3 Å². The van der Waals surface area contributed by atoms with Gasteiger partial charge in [-0.05, 0) is 31.7 Å². The number of hydrogen-bond acceptors (Lipinski definition) is 3. The second-order valence-corrected chi connectivity index (χ2v) is 4.10. The molecule has 0 spiro atoms. The van der Waals surface area contributed by atoms with Crippen LogP contribution in [0.15, 0.2) is 18.2 Å². The second-order valence-electron chi connectivity index (χ2n) is 4.10. The van der Waals surface area contributed by atoms with Crippen LogP contribution in [0.3, 0.4) is 0 Å². The predicted molar refractivity (Wildman–Crippen MR) is 64.3 cm³/mol. The topological polar surface area (TPSA) is 64.3 Å². The Morgan fingerprint density at radius 3 is 2.78 bits per heavy atom. The molecule has 96 valence electrons. The fourth-order valence-corrected chi connectivity index (χ4v) is 1.82. The Labute approximate surface area is 105 Å². The zero-order valence-corrected chi connectivity index (χ0v) is 10.4. The summed E-state index contributed by atoms with van der Waals surface area (Å²) in [4.78, 5) is 12.5. The normalized spacial score (nSPS) is 12.2. The second kappa shape index (κ2) is 6.12. The number of aliphatic carboxylic acids is 1. The molecule has 0 bridgehead atoms. The molecule has 0 amide bonds. The van der Waals surface area contributed by atoms with E-state index in [4.69, 9.17) is 10.4 Å². The molecule has 1 rings (SSSR count). The van der Waals surface area contributed by atoms with Crippen molar-refractivity contribution in [3.63, 3.8) is 0 Å². The number of carboxylic acids is 1. The highest BCUT2D eigenvalue weighted by Crippen LogP contribution is 2.14. The molecule has 0 aliphatic heterocycles. The number of nitriles is 1. The Morgan fingerprint density at radius 1 is 1.61 bits per heavy atom. The summed E-state index contributed by atoms with van der Waals surface area (Å²) in [7, 11) is 1.63. The van der Waals surface area contributed by atoms with E-state index in [0.717, 1.165) is 0 Å². The molecule has 0 heterocycles. The van der Waals surface area contributed by atoms with Gasteiger partial charge in [0, 0.05) is 12.1 Å². The van der Waals surface area contributed by atoms with Gasteiger partial charge in [0.15, 0.2) is 0 Å². The molecule has 1 atom stereocenters. The number of carboxylic acid groups (broad SMARTS) is 1. The maximum atomic E-state index is 13.6. The minimum atomic E-state index is -0.933. The molecule has 0 saturated carbocycles. The van der Waals surface area contributed by atoms with E-state index in [1.807, 2.05) is 6.07 Å². The smallest absolute Gasteiger partial charge is 0.320 e. The van der Waals surface area contributed by atoms with Gasteiger partial charge in [-0.3, -0.25) is 9.69 Å². The zero-order valence-electron chi connectivity index (χ0n) is 10.4. The van der Waals surface area contributed by atoms with E-state index >= 15 is 0 Å². The first-order valence-electron chi connectivity index (χ1n) is 5.61. The van der Waals surface area contributed by atoms with Gasteiger partial charge < -0.3 is 5.11 Å². The van der Waals surface area contributed by atoms with Crippen molar-refractivity contribution in [3.8, 4) is 6.07 Å². The van der Waals surface area contributed by atoms with Gasteiger partial charge in [0.2, 0.25) is 0 Å². The maximum absolute atomic E-state index is 13.6. The van der Waals surface area contributed by atoms with E-state index < -0.39 is 17.8 Å². The third-order valence-corrected chi connectivity index (χ3v) is 2.80. The van der Waals surface area contributed by atoms with Gasteiger partial charge >= 0.3 is 5.97 Å². The molecule has 0 radical (unpaired) electrons. The summed E-state index contributed by atoms with van der Waals surface area (Å²) in [6.07, 6.45) is 0.436. The Bertz CT molecular complexity index is 482. The first-order chi connectivity index (χ1) is 8.49. The van der Waals surface area contributed by atoms with E-state index in [2.05, 4.69) is 0 Å².